The van der Waals surface area contributed by atoms with Gasteiger partial charge in [0.25, 0.3) is 5.91 Å². The summed E-state index contributed by atoms with van der Waals surface area (Å²) >= 11 is 1.48. The van der Waals surface area contributed by atoms with Crippen molar-refractivity contribution in [1.29, 1.82) is 0 Å². The van der Waals surface area contributed by atoms with Gasteiger partial charge in [-0.3, -0.25) is 4.79 Å². The number of amides is 1. The Balaban J connectivity index is 1.72. The SMILES string of the molecule is COc1ccc(C(C)(C)C)cc1NC(=O)c1nccnc1-c1nc2ccccc2s1. The second-order valence-electron chi connectivity index (χ2n) is 7.86. The van der Waals surface area contributed by atoms with Crippen molar-refractivity contribution in [3.63, 3.8) is 0 Å². The zero-order valence-corrected chi connectivity index (χ0v) is 18.1. The van der Waals surface area contributed by atoms with Gasteiger partial charge < -0.3 is 10.1 Å². The van der Waals surface area contributed by atoms with E-state index in [1.54, 1.807) is 13.3 Å². The number of ether oxygens (including phenoxy) is 1. The number of nitrogens with one attached hydrogen (secondary N) is 1. The molecule has 30 heavy (non-hydrogen) atoms. The quantitative estimate of drug-likeness (QED) is 0.486. The van der Waals surface area contributed by atoms with Gasteiger partial charge in [-0.1, -0.05) is 39.0 Å². The van der Waals surface area contributed by atoms with Crippen LogP contribution >= 0.6 is 11.3 Å². The number of hydrogen-bond donors (Lipinski definition) is 1. The Morgan fingerprint density at radius 3 is 2.57 bits per heavy atom. The third kappa shape index (κ3) is 3.89. The number of para-hydroxylation sites is 1. The van der Waals surface area contributed by atoms with E-state index in [9.17, 15) is 4.79 Å². The Morgan fingerprint density at radius 1 is 1.07 bits per heavy atom. The van der Waals surface area contributed by atoms with Gasteiger partial charge in [-0.2, -0.15) is 0 Å². The summed E-state index contributed by atoms with van der Waals surface area (Å²) in [5.74, 6) is 0.225. The standard InChI is InChI=1S/C23H22N4O2S/c1-23(2,3)14-9-10-17(29-4)16(13-14)26-21(28)19-20(25-12-11-24-19)22-27-15-7-5-6-8-18(15)30-22/h5-13H,1-4H3,(H,26,28). The first-order valence-electron chi connectivity index (χ1n) is 9.53. The number of anilines is 1. The summed E-state index contributed by atoms with van der Waals surface area (Å²) in [5.41, 5.74) is 3.17. The van der Waals surface area contributed by atoms with Crippen LogP contribution in [-0.2, 0) is 5.41 Å². The molecular formula is C23H22N4O2S. The van der Waals surface area contributed by atoms with Crippen molar-refractivity contribution in [2.45, 2.75) is 26.2 Å². The lowest BCUT2D eigenvalue weighted by atomic mass is 9.87. The molecule has 1 N–H and O–H groups in total. The molecule has 0 spiro atoms. The molecule has 0 aliphatic rings. The molecule has 2 heterocycles. The van der Waals surface area contributed by atoms with Crippen LogP contribution in [0.2, 0.25) is 0 Å². The van der Waals surface area contributed by atoms with Crippen LogP contribution in [0.15, 0.2) is 54.9 Å². The monoisotopic (exact) mass is 418 g/mol. The van der Waals surface area contributed by atoms with Crippen LogP contribution in [0.1, 0.15) is 36.8 Å². The highest BCUT2D eigenvalue weighted by molar-refractivity contribution is 7.21. The Hall–Kier alpha value is -3.32. The lowest BCUT2D eigenvalue weighted by molar-refractivity contribution is 0.102. The van der Waals surface area contributed by atoms with Crippen molar-refractivity contribution in [1.82, 2.24) is 15.0 Å². The lowest BCUT2D eigenvalue weighted by Gasteiger charge is -2.21. The molecule has 152 valence electrons. The van der Waals surface area contributed by atoms with Crippen LogP contribution in [-0.4, -0.2) is 28.0 Å². The van der Waals surface area contributed by atoms with E-state index in [0.717, 1.165) is 15.8 Å². The number of hydrogen-bond acceptors (Lipinski definition) is 6. The van der Waals surface area contributed by atoms with E-state index in [1.807, 2.05) is 42.5 Å². The molecule has 7 heteroatoms. The molecular weight excluding hydrogens is 396 g/mol. The van der Waals surface area contributed by atoms with E-state index in [2.05, 4.69) is 41.0 Å². The van der Waals surface area contributed by atoms with E-state index in [-0.39, 0.29) is 17.0 Å². The second-order valence-corrected chi connectivity index (χ2v) is 8.89. The molecule has 0 bridgehead atoms. The van der Waals surface area contributed by atoms with E-state index in [1.165, 1.54) is 17.5 Å². The highest BCUT2D eigenvalue weighted by Gasteiger charge is 2.21. The van der Waals surface area contributed by atoms with Gasteiger partial charge in [0.2, 0.25) is 0 Å². The minimum atomic E-state index is -0.360. The van der Waals surface area contributed by atoms with Gasteiger partial charge in [0.05, 0.1) is 23.0 Å². The molecule has 0 aliphatic carbocycles. The zero-order chi connectivity index (χ0) is 21.3. The molecule has 0 fully saturated rings. The number of fused-ring (bicyclic) bond motifs is 1. The van der Waals surface area contributed by atoms with Gasteiger partial charge in [0.15, 0.2) is 5.69 Å². The summed E-state index contributed by atoms with van der Waals surface area (Å²) < 4.78 is 6.48. The van der Waals surface area contributed by atoms with Gasteiger partial charge in [0, 0.05) is 12.4 Å². The van der Waals surface area contributed by atoms with Crippen LogP contribution in [0.25, 0.3) is 20.9 Å². The number of aromatic nitrogens is 3. The van der Waals surface area contributed by atoms with Crippen molar-refractivity contribution >= 4 is 33.1 Å². The largest absolute Gasteiger partial charge is 0.495 e. The molecule has 1 amide bonds. The van der Waals surface area contributed by atoms with Crippen LogP contribution in [0.3, 0.4) is 0 Å². The van der Waals surface area contributed by atoms with Crippen molar-refractivity contribution < 1.29 is 9.53 Å². The summed E-state index contributed by atoms with van der Waals surface area (Å²) in [7, 11) is 1.58. The lowest BCUT2D eigenvalue weighted by Crippen LogP contribution is -2.17. The van der Waals surface area contributed by atoms with Gasteiger partial charge in [-0.25, -0.2) is 15.0 Å². The molecule has 4 rings (SSSR count). The van der Waals surface area contributed by atoms with Crippen molar-refractivity contribution in [2.75, 3.05) is 12.4 Å². The van der Waals surface area contributed by atoms with Crippen LogP contribution in [0.5, 0.6) is 5.75 Å². The van der Waals surface area contributed by atoms with Crippen molar-refractivity contribution in [2.24, 2.45) is 0 Å². The molecule has 2 aromatic heterocycles. The summed E-state index contributed by atoms with van der Waals surface area (Å²) in [4.78, 5) is 26.5. The maximum atomic E-state index is 13.2. The molecule has 0 aliphatic heterocycles. The Kier molecular flexibility index (Phi) is 5.22. The minimum absolute atomic E-state index is 0.0650. The normalized spacial score (nSPS) is 11.5. The second kappa shape index (κ2) is 7.84. The fraction of sp³-hybridized carbons (Fsp3) is 0.217. The Morgan fingerprint density at radius 2 is 1.83 bits per heavy atom. The number of thiazole rings is 1. The molecule has 0 atom stereocenters. The van der Waals surface area contributed by atoms with Gasteiger partial charge in [-0.15, -0.1) is 11.3 Å². The van der Waals surface area contributed by atoms with Crippen LogP contribution < -0.4 is 10.1 Å². The van der Waals surface area contributed by atoms with Gasteiger partial charge in [0.1, 0.15) is 16.5 Å². The Bertz CT molecular complexity index is 1190. The molecule has 0 saturated carbocycles. The average molecular weight is 419 g/mol. The number of nitrogens with zero attached hydrogens (tertiary/aromatic N) is 3. The summed E-state index contributed by atoms with van der Waals surface area (Å²) in [6.45, 7) is 6.36. The summed E-state index contributed by atoms with van der Waals surface area (Å²) in [5, 5.41) is 3.60. The van der Waals surface area contributed by atoms with Crippen molar-refractivity contribution in [3.8, 4) is 16.5 Å². The molecule has 4 aromatic rings. The maximum absolute atomic E-state index is 13.2. The Labute approximate surface area is 179 Å². The zero-order valence-electron chi connectivity index (χ0n) is 17.3. The third-order valence-corrected chi connectivity index (χ3v) is 5.77. The number of methoxy groups -OCH3 is 1. The van der Waals surface area contributed by atoms with E-state index >= 15 is 0 Å². The van der Waals surface area contributed by atoms with Crippen LogP contribution in [0, 0.1) is 0 Å². The fourth-order valence-corrected chi connectivity index (χ4v) is 4.05. The first-order valence-corrected chi connectivity index (χ1v) is 10.4. The third-order valence-electron chi connectivity index (χ3n) is 4.72. The van der Waals surface area contributed by atoms with E-state index in [4.69, 9.17) is 4.74 Å². The predicted octanol–water partition coefficient (Wildman–Crippen LogP) is 5.31. The van der Waals surface area contributed by atoms with Crippen molar-refractivity contribution in [3.05, 3.63) is 66.1 Å². The first-order chi connectivity index (χ1) is 14.4. The summed E-state index contributed by atoms with van der Waals surface area (Å²) in [6.07, 6.45) is 3.08. The minimum Gasteiger partial charge on any atom is -0.495 e. The molecule has 0 unspecified atom stereocenters. The van der Waals surface area contributed by atoms with Gasteiger partial charge in [-0.05, 0) is 35.2 Å². The first kappa shape index (κ1) is 20.0. The highest BCUT2D eigenvalue weighted by atomic mass is 32.1. The van der Waals surface area contributed by atoms with Crippen LogP contribution in [0.4, 0.5) is 5.69 Å². The van der Waals surface area contributed by atoms with E-state index in [0.29, 0.717) is 22.1 Å². The smallest absolute Gasteiger partial charge is 0.276 e. The average Bonchev–Trinajstić information content (AvgIpc) is 3.17. The topological polar surface area (TPSA) is 77.0 Å². The number of carbonyl (C=O) groups excluding carboxylic acids is 1. The fourth-order valence-electron chi connectivity index (χ4n) is 3.09. The molecule has 6 nitrogen and oxygen atoms in total. The molecule has 0 radical (unpaired) electrons. The maximum Gasteiger partial charge on any atom is 0.276 e. The summed E-state index contributed by atoms with van der Waals surface area (Å²) in [6, 6.07) is 13.6. The molecule has 2 aromatic carbocycles. The van der Waals surface area contributed by atoms with Gasteiger partial charge >= 0.3 is 0 Å². The number of benzene rings is 2. The number of rotatable bonds is 4. The number of carbonyl (C=O) groups is 1. The molecule has 0 saturated heterocycles. The van der Waals surface area contributed by atoms with E-state index < -0.39 is 0 Å². The highest BCUT2D eigenvalue weighted by Crippen LogP contribution is 2.33. The predicted molar refractivity (Wildman–Crippen MR) is 120 cm³/mol.